The summed E-state index contributed by atoms with van der Waals surface area (Å²) < 4.78 is 0. The lowest BCUT2D eigenvalue weighted by Crippen LogP contribution is -2.08. The zero-order chi connectivity index (χ0) is 13.1. The number of rotatable bonds is 5. The number of thiophene rings is 1. The molecule has 0 aliphatic carbocycles. The lowest BCUT2D eigenvalue weighted by atomic mass is 10.1. The predicted molar refractivity (Wildman–Crippen MR) is 79.2 cm³/mol. The number of aromatic nitrogens is 2. The average Bonchev–Trinajstić information content (AvgIpc) is 2.71. The second-order valence-electron chi connectivity index (χ2n) is 4.82. The van der Waals surface area contributed by atoms with Gasteiger partial charge >= 0.3 is 0 Å². The SMILES string of the molecule is CCc1cc2c(NCCC(C)C)nc(N)nc2s1. The molecule has 2 aromatic rings. The van der Waals surface area contributed by atoms with Crippen molar-refractivity contribution < 1.29 is 0 Å². The summed E-state index contributed by atoms with van der Waals surface area (Å²) in [7, 11) is 0. The lowest BCUT2D eigenvalue weighted by molar-refractivity contribution is 0.607. The third-order valence-electron chi connectivity index (χ3n) is 2.82. The summed E-state index contributed by atoms with van der Waals surface area (Å²) in [5.41, 5.74) is 5.75. The van der Waals surface area contributed by atoms with Gasteiger partial charge in [-0.05, 0) is 24.8 Å². The third-order valence-corrected chi connectivity index (χ3v) is 4.00. The highest BCUT2D eigenvalue weighted by atomic mass is 32.1. The van der Waals surface area contributed by atoms with Gasteiger partial charge in [-0.3, -0.25) is 0 Å². The van der Waals surface area contributed by atoms with Crippen molar-refractivity contribution in [1.82, 2.24) is 9.97 Å². The first kappa shape index (κ1) is 13.1. The number of hydrogen-bond donors (Lipinski definition) is 2. The highest BCUT2D eigenvalue weighted by Crippen LogP contribution is 2.29. The van der Waals surface area contributed by atoms with Gasteiger partial charge in [0.05, 0.1) is 5.39 Å². The van der Waals surface area contributed by atoms with Crippen LogP contribution in [0.4, 0.5) is 11.8 Å². The largest absolute Gasteiger partial charge is 0.369 e. The maximum absolute atomic E-state index is 5.75. The Bertz CT molecular complexity index is 533. The summed E-state index contributed by atoms with van der Waals surface area (Å²) in [6.45, 7) is 7.49. The second-order valence-corrected chi connectivity index (χ2v) is 5.94. The number of fused-ring (bicyclic) bond motifs is 1. The Morgan fingerprint density at radius 3 is 2.83 bits per heavy atom. The van der Waals surface area contributed by atoms with E-state index in [1.54, 1.807) is 11.3 Å². The molecule has 0 aliphatic rings. The number of hydrogen-bond acceptors (Lipinski definition) is 5. The Morgan fingerprint density at radius 2 is 2.17 bits per heavy atom. The van der Waals surface area contributed by atoms with E-state index in [0.29, 0.717) is 11.9 Å². The normalized spacial score (nSPS) is 11.3. The van der Waals surface area contributed by atoms with Crippen LogP contribution >= 0.6 is 11.3 Å². The molecule has 98 valence electrons. The molecule has 3 N–H and O–H groups in total. The van der Waals surface area contributed by atoms with E-state index < -0.39 is 0 Å². The number of anilines is 2. The fourth-order valence-corrected chi connectivity index (χ4v) is 2.75. The number of aryl methyl sites for hydroxylation is 1. The molecule has 2 heterocycles. The van der Waals surface area contributed by atoms with Gasteiger partial charge < -0.3 is 11.1 Å². The van der Waals surface area contributed by atoms with Crippen molar-refractivity contribution >= 4 is 33.3 Å². The van der Waals surface area contributed by atoms with Gasteiger partial charge in [0.15, 0.2) is 0 Å². The maximum Gasteiger partial charge on any atom is 0.223 e. The highest BCUT2D eigenvalue weighted by molar-refractivity contribution is 7.18. The van der Waals surface area contributed by atoms with E-state index in [1.807, 2.05) is 0 Å². The molecule has 0 radical (unpaired) electrons. The number of nitrogen functional groups attached to an aromatic ring is 1. The molecule has 18 heavy (non-hydrogen) atoms. The standard InChI is InChI=1S/C13H20N4S/c1-4-9-7-10-11(15-6-5-8(2)3)16-13(14)17-12(10)18-9/h7-8H,4-6H2,1-3H3,(H3,14,15,16,17). The topological polar surface area (TPSA) is 63.8 Å². The van der Waals surface area contributed by atoms with Gasteiger partial charge in [-0.1, -0.05) is 20.8 Å². The molecule has 0 saturated heterocycles. The van der Waals surface area contributed by atoms with Crippen molar-refractivity contribution in [3.05, 3.63) is 10.9 Å². The van der Waals surface area contributed by atoms with Crippen LogP contribution in [-0.4, -0.2) is 16.5 Å². The molecular weight excluding hydrogens is 244 g/mol. The van der Waals surface area contributed by atoms with Gasteiger partial charge in [0, 0.05) is 11.4 Å². The van der Waals surface area contributed by atoms with Gasteiger partial charge in [0.2, 0.25) is 5.95 Å². The summed E-state index contributed by atoms with van der Waals surface area (Å²) >= 11 is 1.69. The first-order valence-corrected chi connectivity index (χ1v) is 7.21. The Kier molecular flexibility index (Phi) is 4.01. The van der Waals surface area contributed by atoms with Crippen molar-refractivity contribution in [3.63, 3.8) is 0 Å². The molecule has 0 fully saturated rings. The molecule has 0 amide bonds. The van der Waals surface area contributed by atoms with E-state index in [9.17, 15) is 0 Å². The molecular formula is C13H20N4S. The van der Waals surface area contributed by atoms with E-state index in [0.717, 1.165) is 35.4 Å². The lowest BCUT2D eigenvalue weighted by Gasteiger charge is -2.08. The maximum atomic E-state index is 5.75. The zero-order valence-corrected chi connectivity index (χ0v) is 12.0. The Balaban J connectivity index is 2.27. The summed E-state index contributed by atoms with van der Waals surface area (Å²) in [5.74, 6) is 1.90. The first-order chi connectivity index (χ1) is 8.60. The minimum Gasteiger partial charge on any atom is -0.369 e. The molecule has 0 aromatic carbocycles. The van der Waals surface area contributed by atoms with Crippen LogP contribution in [0.15, 0.2) is 6.07 Å². The third kappa shape index (κ3) is 2.90. The monoisotopic (exact) mass is 264 g/mol. The first-order valence-electron chi connectivity index (χ1n) is 6.40. The molecule has 0 saturated carbocycles. The summed E-state index contributed by atoms with van der Waals surface area (Å²) in [5, 5.41) is 4.47. The van der Waals surface area contributed by atoms with Gasteiger partial charge in [-0.2, -0.15) is 4.98 Å². The van der Waals surface area contributed by atoms with Crippen LogP contribution < -0.4 is 11.1 Å². The predicted octanol–water partition coefficient (Wildman–Crippen LogP) is 3.29. The average molecular weight is 264 g/mol. The molecule has 2 rings (SSSR count). The molecule has 0 atom stereocenters. The van der Waals surface area contributed by atoms with E-state index in [1.165, 1.54) is 4.88 Å². The number of nitrogens with two attached hydrogens (primary N) is 1. The Hall–Kier alpha value is -1.36. The second kappa shape index (κ2) is 5.52. The van der Waals surface area contributed by atoms with Crippen LogP contribution in [-0.2, 0) is 6.42 Å². The van der Waals surface area contributed by atoms with E-state index >= 15 is 0 Å². The summed E-state index contributed by atoms with van der Waals surface area (Å²) in [4.78, 5) is 10.9. The number of nitrogens with one attached hydrogen (secondary N) is 1. The van der Waals surface area contributed by atoms with Crippen LogP contribution in [0.3, 0.4) is 0 Å². The van der Waals surface area contributed by atoms with Gasteiger partial charge in [-0.15, -0.1) is 11.3 Å². The zero-order valence-electron chi connectivity index (χ0n) is 11.2. The highest BCUT2D eigenvalue weighted by Gasteiger charge is 2.09. The van der Waals surface area contributed by atoms with Crippen LogP contribution in [0.2, 0.25) is 0 Å². The quantitative estimate of drug-likeness (QED) is 0.869. The van der Waals surface area contributed by atoms with Gasteiger partial charge in [-0.25, -0.2) is 4.98 Å². The van der Waals surface area contributed by atoms with E-state index in [4.69, 9.17) is 5.73 Å². The van der Waals surface area contributed by atoms with Crippen LogP contribution in [0.5, 0.6) is 0 Å². The fourth-order valence-electron chi connectivity index (χ4n) is 1.78. The molecule has 0 bridgehead atoms. The summed E-state index contributed by atoms with van der Waals surface area (Å²) in [6.07, 6.45) is 2.14. The molecule has 0 spiro atoms. The van der Waals surface area contributed by atoms with E-state index in [-0.39, 0.29) is 0 Å². The van der Waals surface area contributed by atoms with E-state index in [2.05, 4.69) is 42.1 Å². The fraction of sp³-hybridized carbons (Fsp3) is 0.538. The van der Waals surface area contributed by atoms with Crippen LogP contribution in [0.1, 0.15) is 32.1 Å². The molecule has 0 aliphatic heterocycles. The minimum atomic E-state index is 0.346. The molecule has 4 nitrogen and oxygen atoms in total. The minimum absolute atomic E-state index is 0.346. The Morgan fingerprint density at radius 1 is 1.39 bits per heavy atom. The van der Waals surface area contributed by atoms with Crippen molar-refractivity contribution in [2.45, 2.75) is 33.6 Å². The van der Waals surface area contributed by atoms with Gasteiger partial charge in [0.1, 0.15) is 10.6 Å². The summed E-state index contributed by atoms with van der Waals surface area (Å²) in [6, 6.07) is 2.16. The van der Waals surface area contributed by atoms with Gasteiger partial charge in [0.25, 0.3) is 0 Å². The Labute approximate surface area is 112 Å². The van der Waals surface area contributed by atoms with Crippen molar-refractivity contribution in [2.24, 2.45) is 5.92 Å². The molecule has 2 aromatic heterocycles. The van der Waals surface area contributed by atoms with Crippen LogP contribution in [0.25, 0.3) is 10.2 Å². The van der Waals surface area contributed by atoms with Crippen molar-refractivity contribution in [1.29, 1.82) is 0 Å². The van der Waals surface area contributed by atoms with Crippen molar-refractivity contribution in [2.75, 3.05) is 17.6 Å². The van der Waals surface area contributed by atoms with Crippen LogP contribution in [0, 0.1) is 5.92 Å². The van der Waals surface area contributed by atoms with Crippen molar-refractivity contribution in [3.8, 4) is 0 Å². The molecule has 5 heteroatoms. The molecule has 0 unspecified atom stereocenters. The number of nitrogens with zero attached hydrogens (tertiary/aromatic N) is 2. The smallest absolute Gasteiger partial charge is 0.223 e.